The zero-order chi connectivity index (χ0) is 10.3. The maximum atomic E-state index is 11.0. The molecular formula is C9H10O4. The highest BCUT2D eigenvalue weighted by Gasteiger charge is 2.18. The highest BCUT2D eigenvalue weighted by Crippen LogP contribution is 1.99. The molecule has 0 unspecified atom stereocenters. The van der Waals surface area contributed by atoms with Gasteiger partial charge in [0.2, 0.25) is 0 Å². The summed E-state index contributed by atoms with van der Waals surface area (Å²) in [6, 6.07) is 0. The Morgan fingerprint density at radius 3 is 1.92 bits per heavy atom. The number of ether oxygens (including phenoxy) is 2. The van der Waals surface area contributed by atoms with Crippen molar-refractivity contribution in [3.8, 4) is 11.8 Å². The first-order valence-corrected chi connectivity index (χ1v) is 3.46. The zero-order valence-electron chi connectivity index (χ0n) is 7.71. The van der Waals surface area contributed by atoms with Crippen LogP contribution in [-0.4, -0.2) is 26.2 Å². The van der Waals surface area contributed by atoms with E-state index in [0.29, 0.717) is 0 Å². The largest absolute Gasteiger partial charge is 0.465 e. The Balaban J connectivity index is 4.82. The summed E-state index contributed by atoms with van der Waals surface area (Å²) in [4.78, 5) is 21.9. The van der Waals surface area contributed by atoms with Crippen LogP contribution in [0, 0.1) is 11.8 Å². The standard InChI is InChI=1S/C9H10O4/c1-4-5-6-7(8(10)12-2)9(11)13-3/h6H,1-3H3. The summed E-state index contributed by atoms with van der Waals surface area (Å²) in [5, 5.41) is 0. The van der Waals surface area contributed by atoms with Crippen molar-refractivity contribution >= 4 is 11.9 Å². The number of hydrogen-bond acceptors (Lipinski definition) is 4. The topological polar surface area (TPSA) is 52.6 Å². The number of hydrogen-bond donors (Lipinski definition) is 0. The third-order valence-corrected chi connectivity index (χ3v) is 1.17. The van der Waals surface area contributed by atoms with Gasteiger partial charge in [-0.3, -0.25) is 0 Å². The third kappa shape index (κ3) is 3.43. The fourth-order valence-corrected chi connectivity index (χ4v) is 0.565. The molecule has 0 N–H and O–H groups in total. The van der Waals surface area contributed by atoms with Gasteiger partial charge in [-0.25, -0.2) is 9.59 Å². The van der Waals surface area contributed by atoms with Crippen LogP contribution in [0.5, 0.6) is 0 Å². The summed E-state index contributed by atoms with van der Waals surface area (Å²) in [5.41, 5.74) is -0.209. The second kappa shape index (κ2) is 5.84. The van der Waals surface area contributed by atoms with Crippen LogP contribution in [0.15, 0.2) is 11.6 Å². The van der Waals surface area contributed by atoms with E-state index >= 15 is 0 Å². The molecule has 0 atom stereocenters. The normalized spacial score (nSPS) is 7.62. The lowest BCUT2D eigenvalue weighted by Crippen LogP contribution is -2.15. The Labute approximate surface area is 76.5 Å². The average Bonchev–Trinajstić information content (AvgIpc) is 2.17. The molecule has 0 saturated heterocycles. The quantitative estimate of drug-likeness (QED) is 0.202. The minimum Gasteiger partial charge on any atom is -0.465 e. The van der Waals surface area contributed by atoms with Crippen LogP contribution in [0.3, 0.4) is 0 Å². The zero-order valence-corrected chi connectivity index (χ0v) is 7.71. The predicted octanol–water partition coefficient (Wildman–Crippen LogP) is 0.282. The number of carbonyl (C=O) groups is 2. The van der Waals surface area contributed by atoms with E-state index in [0.717, 1.165) is 6.08 Å². The lowest BCUT2D eigenvalue weighted by atomic mass is 10.2. The molecule has 0 radical (unpaired) electrons. The molecule has 0 aromatic heterocycles. The second-order valence-electron chi connectivity index (χ2n) is 1.94. The van der Waals surface area contributed by atoms with Crippen molar-refractivity contribution in [3.05, 3.63) is 11.6 Å². The van der Waals surface area contributed by atoms with Crippen molar-refractivity contribution in [1.29, 1.82) is 0 Å². The molecule has 4 heteroatoms. The van der Waals surface area contributed by atoms with E-state index in [1.807, 2.05) is 0 Å². The smallest absolute Gasteiger partial charge is 0.345 e. The molecule has 0 aliphatic heterocycles. The Morgan fingerprint density at radius 2 is 1.62 bits per heavy atom. The van der Waals surface area contributed by atoms with Gasteiger partial charge >= 0.3 is 11.9 Å². The van der Waals surface area contributed by atoms with Gasteiger partial charge < -0.3 is 9.47 Å². The SMILES string of the molecule is CC#CC=C(C(=O)OC)C(=O)OC. The van der Waals surface area contributed by atoms with Crippen LogP contribution in [0.25, 0.3) is 0 Å². The fraction of sp³-hybridized carbons (Fsp3) is 0.333. The number of rotatable bonds is 2. The summed E-state index contributed by atoms with van der Waals surface area (Å²) < 4.78 is 8.71. The van der Waals surface area contributed by atoms with Crippen molar-refractivity contribution < 1.29 is 19.1 Å². The summed E-state index contributed by atoms with van der Waals surface area (Å²) >= 11 is 0. The predicted molar refractivity (Wildman–Crippen MR) is 45.6 cm³/mol. The van der Waals surface area contributed by atoms with Gasteiger partial charge in [-0.1, -0.05) is 5.92 Å². The Hall–Kier alpha value is -1.76. The highest BCUT2D eigenvalue weighted by molar-refractivity contribution is 6.14. The minimum absolute atomic E-state index is 0.209. The van der Waals surface area contributed by atoms with Crippen LogP contribution in [-0.2, 0) is 19.1 Å². The lowest BCUT2D eigenvalue weighted by molar-refractivity contribution is -0.144. The first-order valence-electron chi connectivity index (χ1n) is 3.46. The molecule has 0 amide bonds. The number of esters is 2. The monoisotopic (exact) mass is 182 g/mol. The summed E-state index contributed by atoms with van der Waals surface area (Å²) in [6.45, 7) is 1.59. The molecule has 13 heavy (non-hydrogen) atoms. The van der Waals surface area contributed by atoms with E-state index in [4.69, 9.17) is 0 Å². The van der Waals surface area contributed by atoms with E-state index in [9.17, 15) is 9.59 Å². The molecule has 0 aromatic rings. The van der Waals surface area contributed by atoms with Crippen molar-refractivity contribution in [3.63, 3.8) is 0 Å². The van der Waals surface area contributed by atoms with Gasteiger partial charge in [-0.15, -0.1) is 5.92 Å². The van der Waals surface area contributed by atoms with Crippen LogP contribution >= 0.6 is 0 Å². The molecule has 70 valence electrons. The molecule has 0 spiro atoms. The van der Waals surface area contributed by atoms with Crippen LogP contribution in [0.2, 0.25) is 0 Å². The van der Waals surface area contributed by atoms with Gasteiger partial charge in [-0.2, -0.15) is 0 Å². The average molecular weight is 182 g/mol. The molecular weight excluding hydrogens is 172 g/mol. The van der Waals surface area contributed by atoms with Crippen molar-refractivity contribution in [1.82, 2.24) is 0 Å². The van der Waals surface area contributed by atoms with Gasteiger partial charge in [0.1, 0.15) is 0 Å². The molecule has 0 aromatic carbocycles. The molecule has 0 heterocycles. The molecule has 0 aliphatic rings. The third-order valence-electron chi connectivity index (χ3n) is 1.17. The van der Waals surface area contributed by atoms with Gasteiger partial charge in [0.05, 0.1) is 14.2 Å². The van der Waals surface area contributed by atoms with E-state index in [1.165, 1.54) is 14.2 Å². The molecule has 4 nitrogen and oxygen atoms in total. The van der Waals surface area contributed by atoms with Gasteiger partial charge in [0.15, 0.2) is 5.57 Å². The van der Waals surface area contributed by atoms with Crippen molar-refractivity contribution in [2.24, 2.45) is 0 Å². The minimum atomic E-state index is -0.755. The second-order valence-corrected chi connectivity index (χ2v) is 1.94. The lowest BCUT2D eigenvalue weighted by Gasteiger charge is -2.00. The Morgan fingerprint density at radius 1 is 1.15 bits per heavy atom. The van der Waals surface area contributed by atoms with E-state index in [-0.39, 0.29) is 5.57 Å². The first-order chi connectivity index (χ1) is 6.17. The van der Waals surface area contributed by atoms with Gasteiger partial charge in [0.25, 0.3) is 0 Å². The van der Waals surface area contributed by atoms with Crippen LogP contribution < -0.4 is 0 Å². The highest BCUT2D eigenvalue weighted by atomic mass is 16.5. The Bertz CT molecular complexity index is 272. The Kier molecular flexibility index (Phi) is 5.05. The van der Waals surface area contributed by atoms with Crippen LogP contribution in [0.1, 0.15) is 6.92 Å². The van der Waals surface area contributed by atoms with Crippen molar-refractivity contribution in [2.45, 2.75) is 6.92 Å². The number of carbonyl (C=O) groups excluding carboxylic acids is 2. The first kappa shape index (κ1) is 11.2. The molecule has 0 fully saturated rings. The summed E-state index contributed by atoms with van der Waals surface area (Å²) in [6.07, 6.45) is 1.16. The summed E-state index contributed by atoms with van der Waals surface area (Å²) in [5.74, 6) is 3.47. The van der Waals surface area contributed by atoms with E-state index in [2.05, 4.69) is 21.3 Å². The van der Waals surface area contributed by atoms with Crippen LogP contribution in [0.4, 0.5) is 0 Å². The van der Waals surface area contributed by atoms with Gasteiger partial charge in [0, 0.05) is 6.08 Å². The molecule has 0 saturated carbocycles. The number of allylic oxidation sites excluding steroid dienone is 1. The van der Waals surface area contributed by atoms with E-state index < -0.39 is 11.9 Å². The van der Waals surface area contributed by atoms with Crippen molar-refractivity contribution in [2.75, 3.05) is 14.2 Å². The molecule has 0 aliphatic carbocycles. The maximum Gasteiger partial charge on any atom is 0.345 e. The molecule has 0 rings (SSSR count). The summed E-state index contributed by atoms with van der Waals surface area (Å²) in [7, 11) is 2.36. The van der Waals surface area contributed by atoms with E-state index in [1.54, 1.807) is 6.92 Å². The fourth-order valence-electron chi connectivity index (χ4n) is 0.565. The maximum absolute atomic E-state index is 11.0. The number of methoxy groups -OCH3 is 2. The molecule has 0 bridgehead atoms. The van der Waals surface area contributed by atoms with Gasteiger partial charge in [-0.05, 0) is 6.92 Å².